The van der Waals surface area contributed by atoms with Gasteiger partial charge in [-0.15, -0.1) is 0 Å². The van der Waals surface area contributed by atoms with E-state index in [0.29, 0.717) is 11.1 Å². The molecule has 0 aliphatic carbocycles. The lowest BCUT2D eigenvalue weighted by atomic mass is 10.1. The summed E-state index contributed by atoms with van der Waals surface area (Å²) in [4.78, 5) is 11.1. The van der Waals surface area contributed by atoms with E-state index in [1.54, 1.807) is 6.07 Å². The zero-order chi connectivity index (χ0) is 9.14. The Morgan fingerprint density at radius 1 is 1.58 bits per heavy atom. The van der Waals surface area contributed by atoms with Gasteiger partial charge in [-0.05, 0) is 25.5 Å². The third-order valence-corrected chi connectivity index (χ3v) is 1.64. The van der Waals surface area contributed by atoms with Gasteiger partial charge in [0.1, 0.15) is 0 Å². The Kier molecular flexibility index (Phi) is 2.45. The van der Waals surface area contributed by atoms with Crippen LogP contribution in [-0.4, -0.2) is 5.91 Å². The topological polar surface area (TPSA) is 55.1 Å². The van der Waals surface area contributed by atoms with Gasteiger partial charge in [-0.3, -0.25) is 10.2 Å². The summed E-state index contributed by atoms with van der Waals surface area (Å²) in [6.07, 6.45) is 0. The third kappa shape index (κ3) is 1.62. The fourth-order valence-electron chi connectivity index (χ4n) is 1.02. The van der Waals surface area contributed by atoms with E-state index in [9.17, 15) is 4.79 Å². The van der Waals surface area contributed by atoms with E-state index >= 15 is 0 Å². The van der Waals surface area contributed by atoms with Crippen LogP contribution in [0.1, 0.15) is 21.5 Å². The van der Waals surface area contributed by atoms with Crippen LogP contribution in [0.5, 0.6) is 0 Å². The van der Waals surface area contributed by atoms with Gasteiger partial charge in [0.25, 0.3) is 5.91 Å². The molecule has 0 atom stereocenters. The molecule has 63 valence electrons. The summed E-state index contributed by atoms with van der Waals surface area (Å²) in [5, 5.41) is 0. The van der Waals surface area contributed by atoms with Crippen molar-refractivity contribution < 1.29 is 4.79 Å². The molecule has 0 bridgehead atoms. The molecule has 0 heterocycles. The monoisotopic (exact) mass is 163 g/mol. The molecule has 12 heavy (non-hydrogen) atoms. The molecule has 0 saturated heterocycles. The second kappa shape index (κ2) is 3.36. The average molecular weight is 163 g/mol. The molecule has 0 aromatic heterocycles. The first kappa shape index (κ1) is 8.74. The Labute approximate surface area is 71.5 Å². The highest BCUT2D eigenvalue weighted by molar-refractivity contribution is 5.95. The first-order chi connectivity index (χ1) is 5.65. The molecule has 0 aliphatic rings. The number of nitrogen functional groups attached to an aromatic ring is 1. The van der Waals surface area contributed by atoms with E-state index in [1.807, 2.05) is 19.1 Å². The fraction of sp³-hybridized carbons (Fsp3) is 0.111. The van der Waals surface area contributed by atoms with E-state index < -0.39 is 0 Å². The van der Waals surface area contributed by atoms with Crippen LogP contribution in [0.25, 0.3) is 0 Å². The second-order valence-corrected chi connectivity index (χ2v) is 2.63. The van der Waals surface area contributed by atoms with Crippen molar-refractivity contribution in [2.24, 2.45) is 5.84 Å². The predicted molar refractivity (Wildman–Crippen MR) is 47.3 cm³/mol. The fourth-order valence-corrected chi connectivity index (χ4v) is 1.02. The molecule has 0 saturated carbocycles. The van der Waals surface area contributed by atoms with E-state index in [0.717, 1.165) is 5.56 Å². The van der Waals surface area contributed by atoms with E-state index in [2.05, 4.69) is 12.3 Å². The molecule has 3 nitrogen and oxygen atoms in total. The summed E-state index contributed by atoms with van der Waals surface area (Å²) in [6, 6.07) is 5.39. The molecule has 0 unspecified atom stereocenters. The molecule has 0 fully saturated rings. The number of amides is 1. The molecule has 1 aromatic rings. The van der Waals surface area contributed by atoms with Gasteiger partial charge in [-0.25, -0.2) is 5.84 Å². The average Bonchev–Trinajstić information content (AvgIpc) is 2.03. The van der Waals surface area contributed by atoms with Crippen molar-refractivity contribution >= 4 is 5.91 Å². The number of aryl methyl sites for hydroxylation is 1. The highest BCUT2D eigenvalue weighted by Crippen LogP contribution is 2.09. The van der Waals surface area contributed by atoms with Gasteiger partial charge in [0.2, 0.25) is 0 Å². The molecule has 0 aliphatic heterocycles. The minimum absolute atomic E-state index is 0.306. The quantitative estimate of drug-likeness (QED) is 0.365. The molecule has 0 spiro atoms. The summed E-state index contributed by atoms with van der Waals surface area (Å²) in [6.45, 7) is 5.68. The zero-order valence-electron chi connectivity index (χ0n) is 6.92. The summed E-state index contributed by atoms with van der Waals surface area (Å²) < 4.78 is 0. The standard InChI is InChI=1S/C9H11N2O/c1-6-3-4-8(7(2)5-6)9(12)11-10/h3-5H,2,10H2,1H3,(H,11,12). The Balaban J connectivity index is 3.09. The number of carbonyl (C=O) groups is 1. The van der Waals surface area contributed by atoms with Gasteiger partial charge in [-0.1, -0.05) is 17.7 Å². The van der Waals surface area contributed by atoms with Crippen LogP contribution in [0.2, 0.25) is 0 Å². The van der Waals surface area contributed by atoms with Gasteiger partial charge in [0.05, 0.1) is 0 Å². The summed E-state index contributed by atoms with van der Waals surface area (Å²) in [7, 11) is 0. The van der Waals surface area contributed by atoms with Crippen molar-refractivity contribution in [3.8, 4) is 0 Å². The van der Waals surface area contributed by atoms with Gasteiger partial charge in [0, 0.05) is 5.56 Å². The number of carbonyl (C=O) groups excluding carboxylic acids is 1. The number of nitrogens with two attached hydrogens (primary N) is 1. The number of hydrazine groups is 1. The smallest absolute Gasteiger partial charge is 0.265 e. The Morgan fingerprint density at radius 2 is 2.25 bits per heavy atom. The minimum atomic E-state index is -0.306. The number of hydrogen-bond acceptors (Lipinski definition) is 2. The SMILES string of the molecule is [CH2]c1cc(C)ccc1C(=O)NN. The molecule has 3 heteroatoms. The Morgan fingerprint density at radius 3 is 2.75 bits per heavy atom. The summed E-state index contributed by atoms with van der Waals surface area (Å²) in [5.41, 5.74) is 4.35. The number of benzene rings is 1. The van der Waals surface area contributed by atoms with Crippen molar-refractivity contribution in [2.45, 2.75) is 6.92 Å². The third-order valence-electron chi connectivity index (χ3n) is 1.64. The highest BCUT2D eigenvalue weighted by Gasteiger charge is 2.05. The van der Waals surface area contributed by atoms with Crippen molar-refractivity contribution in [1.82, 2.24) is 5.43 Å². The van der Waals surface area contributed by atoms with Crippen LogP contribution in [0.4, 0.5) is 0 Å². The van der Waals surface area contributed by atoms with Crippen molar-refractivity contribution in [3.05, 3.63) is 41.8 Å². The van der Waals surface area contributed by atoms with Crippen molar-refractivity contribution in [3.63, 3.8) is 0 Å². The van der Waals surface area contributed by atoms with Crippen LogP contribution < -0.4 is 11.3 Å². The number of nitrogens with one attached hydrogen (secondary N) is 1. The van der Waals surface area contributed by atoms with Crippen LogP contribution >= 0.6 is 0 Å². The molecule has 1 radical (unpaired) electrons. The maximum atomic E-state index is 11.1. The van der Waals surface area contributed by atoms with Crippen molar-refractivity contribution in [2.75, 3.05) is 0 Å². The van der Waals surface area contributed by atoms with Crippen LogP contribution in [0.15, 0.2) is 18.2 Å². The van der Waals surface area contributed by atoms with Crippen LogP contribution in [-0.2, 0) is 0 Å². The number of hydrogen-bond donors (Lipinski definition) is 2. The lowest BCUT2D eigenvalue weighted by molar-refractivity contribution is 0.0953. The Bertz CT molecular complexity index is 307. The molecular weight excluding hydrogens is 152 g/mol. The van der Waals surface area contributed by atoms with E-state index in [-0.39, 0.29) is 5.91 Å². The van der Waals surface area contributed by atoms with Crippen molar-refractivity contribution in [1.29, 1.82) is 0 Å². The predicted octanol–water partition coefficient (Wildman–Crippen LogP) is 0.781. The normalized spacial score (nSPS) is 9.58. The molecule has 1 rings (SSSR count). The van der Waals surface area contributed by atoms with Crippen LogP contribution in [0.3, 0.4) is 0 Å². The van der Waals surface area contributed by atoms with Gasteiger partial charge in [-0.2, -0.15) is 0 Å². The number of rotatable bonds is 1. The molecular formula is C9H11N2O. The zero-order valence-corrected chi connectivity index (χ0v) is 6.92. The molecule has 3 N–H and O–H groups in total. The largest absolute Gasteiger partial charge is 0.290 e. The lowest BCUT2D eigenvalue weighted by Crippen LogP contribution is -2.30. The molecule has 1 aromatic carbocycles. The maximum Gasteiger partial charge on any atom is 0.265 e. The highest BCUT2D eigenvalue weighted by atomic mass is 16.2. The van der Waals surface area contributed by atoms with Gasteiger partial charge >= 0.3 is 0 Å². The first-order valence-electron chi connectivity index (χ1n) is 3.58. The maximum absolute atomic E-state index is 11.1. The minimum Gasteiger partial charge on any atom is -0.290 e. The summed E-state index contributed by atoms with van der Waals surface area (Å²) in [5.74, 6) is 4.68. The summed E-state index contributed by atoms with van der Waals surface area (Å²) >= 11 is 0. The first-order valence-corrected chi connectivity index (χ1v) is 3.58. The van der Waals surface area contributed by atoms with E-state index in [1.165, 1.54) is 0 Å². The van der Waals surface area contributed by atoms with Gasteiger partial charge < -0.3 is 0 Å². The Hall–Kier alpha value is -1.35. The molecule has 1 amide bonds. The second-order valence-electron chi connectivity index (χ2n) is 2.63. The van der Waals surface area contributed by atoms with Crippen LogP contribution in [0, 0.1) is 13.8 Å². The van der Waals surface area contributed by atoms with E-state index in [4.69, 9.17) is 5.84 Å². The van der Waals surface area contributed by atoms with Gasteiger partial charge in [0.15, 0.2) is 0 Å². The lowest BCUT2D eigenvalue weighted by Gasteiger charge is -2.03.